The number of para-hydroxylation sites is 2. The molecule has 0 radical (unpaired) electrons. The van der Waals surface area contributed by atoms with Gasteiger partial charge in [0.1, 0.15) is 6.04 Å². The summed E-state index contributed by atoms with van der Waals surface area (Å²) in [7, 11) is 0. The molecular weight excluding hydrogens is 294 g/mol. The predicted octanol–water partition coefficient (Wildman–Crippen LogP) is 0.497. The van der Waals surface area contributed by atoms with E-state index in [0.717, 1.165) is 0 Å². The lowest BCUT2D eigenvalue weighted by molar-refractivity contribution is -0.138. The number of halogens is 1. The Kier molecular flexibility index (Phi) is 4.44. The molecule has 21 heavy (non-hydrogen) atoms. The summed E-state index contributed by atoms with van der Waals surface area (Å²) < 4.78 is 0. The molecular formula is C13H16ClN5O2. The number of carbonyl (C=O) groups is 1. The van der Waals surface area contributed by atoms with Gasteiger partial charge in [-0.05, 0) is 12.1 Å². The summed E-state index contributed by atoms with van der Waals surface area (Å²) in [6.45, 7) is 1.59. The number of fused-ring (bicyclic) bond motifs is 1. The zero-order valence-electron chi connectivity index (χ0n) is 11.2. The second-order valence-electron chi connectivity index (χ2n) is 4.67. The third kappa shape index (κ3) is 2.84. The Morgan fingerprint density at radius 3 is 2.67 bits per heavy atom. The van der Waals surface area contributed by atoms with Crippen molar-refractivity contribution < 1.29 is 9.90 Å². The number of nitrogens with zero attached hydrogens (tertiary/aromatic N) is 3. The first kappa shape index (κ1) is 15.3. The maximum Gasteiger partial charge on any atom is 0.327 e. The molecule has 1 aliphatic heterocycles. The highest BCUT2D eigenvalue weighted by atomic mass is 35.5. The molecule has 4 N–H and O–H groups in total. The molecule has 0 bridgehead atoms. The lowest BCUT2D eigenvalue weighted by atomic mass is 10.2. The number of nitrogens with two attached hydrogens (primary N) is 1. The fourth-order valence-electron chi connectivity index (χ4n) is 2.39. The Labute approximate surface area is 127 Å². The van der Waals surface area contributed by atoms with E-state index >= 15 is 0 Å². The van der Waals surface area contributed by atoms with Gasteiger partial charge in [0.2, 0.25) is 0 Å². The quantitative estimate of drug-likeness (QED) is 0.742. The molecule has 1 aromatic carbocycles. The molecule has 0 amide bonds. The number of piperazine rings is 1. The smallest absolute Gasteiger partial charge is 0.327 e. The number of rotatable bonds is 2. The fraction of sp³-hybridized carbons (Fsp3) is 0.308. The van der Waals surface area contributed by atoms with Gasteiger partial charge in [0.05, 0.1) is 11.0 Å². The molecule has 0 aliphatic carbocycles. The molecule has 1 aliphatic rings. The number of carboxylic acids is 1. The van der Waals surface area contributed by atoms with Crippen LogP contribution < -0.4 is 16.0 Å². The van der Waals surface area contributed by atoms with Gasteiger partial charge >= 0.3 is 5.97 Å². The molecule has 1 unspecified atom stereocenters. The van der Waals surface area contributed by atoms with Crippen LogP contribution in [0.4, 0.5) is 11.6 Å². The lowest BCUT2D eigenvalue weighted by Gasteiger charge is -2.34. The number of benzene rings is 1. The standard InChI is InChI=1S/C13H15N5O2.ClH/c14-11-12(17-9-4-2-1-3-8(9)16-11)18-6-5-15-7-10(18)13(19)20;/h1-4,10,15H,5-7H2,(H2,14,16)(H,19,20);1H. The number of aromatic nitrogens is 2. The van der Waals surface area contributed by atoms with Crippen molar-refractivity contribution in [2.24, 2.45) is 0 Å². The first-order valence-corrected chi connectivity index (χ1v) is 6.39. The van der Waals surface area contributed by atoms with E-state index in [-0.39, 0.29) is 18.2 Å². The van der Waals surface area contributed by atoms with E-state index in [1.54, 1.807) is 4.90 Å². The second-order valence-corrected chi connectivity index (χ2v) is 4.67. The first-order chi connectivity index (χ1) is 9.66. The molecule has 0 spiro atoms. The van der Waals surface area contributed by atoms with Crippen molar-refractivity contribution in [2.75, 3.05) is 30.3 Å². The van der Waals surface area contributed by atoms with Crippen LogP contribution in [0.3, 0.4) is 0 Å². The summed E-state index contributed by atoms with van der Waals surface area (Å²) in [5.74, 6) is -0.194. The highest BCUT2D eigenvalue weighted by molar-refractivity contribution is 5.85. The van der Waals surface area contributed by atoms with Gasteiger partial charge in [0.25, 0.3) is 0 Å². The van der Waals surface area contributed by atoms with Gasteiger partial charge in [-0.25, -0.2) is 14.8 Å². The van der Waals surface area contributed by atoms with Crippen LogP contribution in [0.2, 0.25) is 0 Å². The summed E-state index contributed by atoms with van der Waals surface area (Å²) >= 11 is 0. The third-order valence-electron chi connectivity index (χ3n) is 3.38. The summed E-state index contributed by atoms with van der Waals surface area (Å²) in [5.41, 5.74) is 7.36. The Hall–Kier alpha value is -2.12. The van der Waals surface area contributed by atoms with Crippen LogP contribution in [0.5, 0.6) is 0 Å². The molecule has 112 valence electrons. The highest BCUT2D eigenvalue weighted by Gasteiger charge is 2.31. The largest absolute Gasteiger partial charge is 0.480 e. The minimum Gasteiger partial charge on any atom is -0.480 e. The van der Waals surface area contributed by atoms with Gasteiger partial charge in [-0.2, -0.15) is 0 Å². The SMILES string of the molecule is Cl.Nc1nc2ccccc2nc1N1CCNCC1C(=O)O. The van der Waals surface area contributed by atoms with Crippen LogP contribution in [0.25, 0.3) is 11.0 Å². The Morgan fingerprint density at radius 1 is 1.33 bits per heavy atom. The Bertz CT molecular complexity index is 666. The summed E-state index contributed by atoms with van der Waals surface area (Å²) in [6.07, 6.45) is 0. The maximum atomic E-state index is 11.3. The van der Waals surface area contributed by atoms with Crippen LogP contribution in [0, 0.1) is 0 Å². The topological polar surface area (TPSA) is 104 Å². The van der Waals surface area contributed by atoms with Gasteiger partial charge in [0, 0.05) is 19.6 Å². The number of aliphatic carboxylic acids is 1. The maximum absolute atomic E-state index is 11.3. The third-order valence-corrected chi connectivity index (χ3v) is 3.38. The molecule has 8 heteroatoms. The Balaban J connectivity index is 0.00000161. The summed E-state index contributed by atoms with van der Waals surface area (Å²) in [4.78, 5) is 21.8. The van der Waals surface area contributed by atoms with E-state index in [1.165, 1.54) is 0 Å². The van der Waals surface area contributed by atoms with E-state index in [0.29, 0.717) is 36.5 Å². The lowest BCUT2D eigenvalue weighted by Crippen LogP contribution is -2.55. The molecule has 1 aromatic heterocycles. The first-order valence-electron chi connectivity index (χ1n) is 6.39. The van der Waals surface area contributed by atoms with Crippen LogP contribution in [0.1, 0.15) is 0 Å². The molecule has 1 saturated heterocycles. The van der Waals surface area contributed by atoms with Crippen molar-refractivity contribution in [3.63, 3.8) is 0 Å². The van der Waals surface area contributed by atoms with E-state index in [9.17, 15) is 9.90 Å². The number of hydrogen-bond acceptors (Lipinski definition) is 6. The Morgan fingerprint density at radius 2 is 2.00 bits per heavy atom. The van der Waals surface area contributed by atoms with E-state index < -0.39 is 12.0 Å². The van der Waals surface area contributed by atoms with Crippen LogP contribution >= 0.6 is 12.4 Å². The van der Waals surface area contributed by atoms with E-state index in [1.807, 2.05) is 24.3 Å². The summed E-state index contributed by atoms with van der Waals surface area (Å²) in [6, 6.07) is 6.71. The molecule has 2 heterocycles. The molecule has 3 rings (SSSR count). The molecule has 0 saturated carbocycles. The number of nitrogens with one attached hydrogen (secondary N) is 1. The number of carboxylic acid groups (broad SMARTS) is 1. The van der Waals surface area contributed by atoms with Crippen molar-refractivity contribution >= 4 is 41.0 Å². The van der Waals surface area contributed by atoms with E-state index in [2.05, 4.69) is 15.3 Å². The average molecular weight is 310 g/mol. The number of nitrogen functional groups attached to an aromatic ring is 1. The molecule has 1 atom stereocenters. The minimum absolute atomic E-state index is 0. The highest BCUT2D eigenvalue weighted by Crippen LogP contribution is 2.24. The van der Waals surface area contributed by atoms with Crippen LogP contribution in [0.15, 0.2) is 24.3 Å². The van der Waals surface area contributed by atoms with E-state index in [4.69, 9.17) is 5.73 Å². The van der Waals surface area contributed by atoms with Gasteiger partial charge in [-0.15, -0.1) is 12.4 Å². The molecule has 1 fully saturated rings. The van der Waals surface area contributed by atoms with Crippen molar-refractivity contribution in [3.8, 4) is 0 Å². The van der Waals surface area contributed by atoms with Gasteiger partial charge in [-0.1, -0.05) is 12.1 Å². The fourth-order valence-corrected chi connectivity index (χ4v) is 2.39. The monoisotopic (exact) mass is 309 g/mol. The molecule has 7 nitrogen and oxygen atoms in total. The normalized spacial score (nSPS) is 18.3. The summed E-state index contributed by atoms with van der Waals surface area (Å²) in [5, 5.41) is 12.4. The average Bonchev–Trinajstić information content (AvgIpc) is 2.46. The van der Waals surface area contributed by atoms with Gasteiger partial charge in [0.15, 0.2) is 11.6 Å². The van der Waals surface area contributed by atoms with Gasteiger partial charge < -0.3 is 21.1 Å². The van der Waals surface area contributed by atoms with Crippen molar-refractivity contribution in [3.05, 3.63) is 24.3 Å². The predicted molar refractivity (Wildman–Crippen MR) is 82.8 cm³/mol. The minimum atomic E-state index is -0.897. The zero-order chi connectivity index (χ0) is 14.1. The zero-order valence-corrected chi connectivity index (χ0v) is 12.0. The number of hydrogen-bond donors (Lipinski definition) is 3. The van der Waals surface area contributed by atoms with Crippen LogP contribution in [-0.4, -0.2) is 46.7 Å². The van der Waals surface area contributed by atoms with Crippen LogP contribution in [-0.2, 0) is 4.79 Å². The van der Waals surface area contributed by atoms with Crippen molar-refractivity contribution in [1.82, 2.24) is 15.3 Å². The van der Waals surface area contributed by atoms with Gasteiger partial charge in [-0.3, -0.25) is 0 Å². The number of anilines is 2. The second kappa shape index (κ2) is 6.11. The van der Waals surface area contributed by atoms with Crippen molar-refractivity contribution in [1.29, 1.82) is 0 Å². The molecule has 2 aromatic rings. The van der Waals surface area contributed by atoms with Crippen molar-refractivity contribution in [2.45, 2.75) is 6.04 Å².